The zero-order valence-corrected chi connectivity index (χ0v) is 15.8. The lowest BCUT2D eigenvalue weighted by atomic mass is 10.0. The molecule has 0 aliphatic rings. The third-order valence-corrected chi connectivity index (χ3v) is 4.29. The van der Waals surface area contributed by atoms with Crippen molar-refractivity contribution in [3.05, 3.63) is 66.6 Å². The van der Waals surface area contributed by atoms with Crippen molar-refractivity contribution in [3.8, 4) is 11.8 Å². The van der Waals surface area contributed by atoms with Crippen molar-refractivity contribution in [2.75, 3.05) is 6.61 Å². The Morgan fingerprint density at radius 2 is 2.00 bits per heavy atom. The summed E-state index contributed by atoms with van der Waals surface area (Å²) in [5.41, 5.74) is 1.54. The van der Waals surface area contributed by atoms with Gasteiger partial charge < -0.3 is 4.74 Å². The van der Waals surface area contributed by atoms with Crippen molar-refractivity contribution < 1.29 is 9.66 Å². The number of ether oxygens (including phenoxy) is 1. The maximum Gasteiger partial charge on any atom is 0.270 e. The molecule has 24 heavy (non-hydrogen) atoms. The van der Waals surface area contributed by atoms with Gasteiger partial charge in [-0.2, -0.15) is 5.26 Å². The molecule has 0 aliphatic heterocycles. The van der Waals surface area contributed by atoms with Crippen molar-refractivity contribution >= 4 is 49.2 Å². The minimum Gasteiger partial charge on any atom is -0.492 e. The molecule has 0 heterocycles. The molecule has 0 amide bonds. The third kappa shape index (κ3) is 4.22. The summed E-state index contributed by atoms with van der Waals surface area (Å²) in [6, 6.07) is 11.7. The quantitative estimate of drug-likeness (QED) is 0.257. The topological polar surface area (TPSA) is 76.2 Å². The van der Waals surface area contributed by atoms with Gasteiger partial charge in [0.2, 0.25) is 0 Å². The molecule has 0 saturated carbocycles. The number of halogens is 2. The number of hydrogen-bond donors (Lipinski definition) is 0. The predicted molar refractivity (Wildman–Crippen MR) is 99.6 cm³/mol. The van der Waals surface area contributed by atoms with Crippen LogP contribution >= 0.6 is 31.9 Å². The normalized spacial score (nSPS) is 11.0. The van der Waals surface area contributed by atoms with Gasteiger partial charge in [0.05, 0.1) is 32.1 Å². The van der Waals surface area contributed by atoms with Crippen molar-refractivity contribution in [1.82, 2.24) is 0 Å². The molecule has 2 rings (SSSR count). The summed E-state index contributed by atoms with van der Waals surface area (Å²) in [6.07, 6.45) is 1.67. The number of hydrogen-bond acceptors (Lipinski definition) is 4. The second kappa shape index (κ2) is 8.08. The number of allylic oxidation sites excluding steroid dienone is 1. The molecule has 0 saturated heterocycles. The van der Waals surface area contributed by atoms with Crippen LogP contribution in [0.5, 0.6) is 5.75 Å². The van der Waals surface area contributed by atoms with Crippen LogP contribution in [0, 0.1) is 21.4 Å². The summed E-state index contributed by atoms with van der Waals surface area (Å²) in [5, 5.41) is 20.3. The Bertz CT molecular complexity index is 834. The Morgan fingerprint density at radius 1 is 1.33 bits per heavy atom. The molecule has 2 aromatic carbocycles. The molecule has 0 atom stereocenters. The highest BCUT2D eigenvalue weighted by Crippen LogP contribution is 2.36. The summed E-state index contributed by atoms with van der Waals surface area (Å²) >= 11 is 6.88. The van der Waals surface area contributed by atoms with E-state index in [4.69, 9.17) is 4.74 Å². The molecular formula is C17H12Br2N2O3. The lowest BCUT2D eigenvalue weighted by molar-refractivity contribution is -0.384. The molecule has 0 radical (unpaired) electrons. The highest BCUT2D eigenvalue weighted by molar-refractivity contribution is 9.11. The van der Waals surface area contributed by atoms with Gasteiger partial charge in [-0.25, -0.2) is 0 Å². The van der Waals surface area contributed by atoms with Crippen LogP contribution in [-0.4, -0.2) is 11.5 Å². The maximum atomic E-state index is 10.9. The number of rotatable bonds is 5. The van der Waals surface area contributed by atoms with Gasteiger partial charge in [0.15, 0.2) is 0 Å². The fourth-order valence-electron chi connectivity index (χ4n) is 2.08. The third-order valence-electron chi connectivity index (χ3n) is 3.11. The lowest BCUT2D eigenvalue weighted by Gasteiger charge is -2.09. The van der Waals surface area contributed by atoms with Gasteiger partial charge in [-0.05, 0) is 68.1 Å². The fourth-order valence-corrected chi connectivity index (χ4v) is 3.53. The summed E-state index contributed by atoms with van der Waals surface area (Å²) in [7, 11) is 0. The first kappa shape index (κ1) is 18.2. The molecule has 5 nitrogen and oxygen atoms in total. The zero-order chi connectivity index (χ0) is 17.7. The second-order valence-electron chi connectivity index (χ2n) is 4.72. The summed E-state index contributed by atoms with van der Waals surface area (Å²) in [5.74, 6) is 0.684. The zero-order valence-electron chi connectivity index (χ0n) is 12.6. The van der Waals surface area contributed by atoms with E-state index in [-0.39, 0.29) is 5.69 Å². The first-order valence-corrected chi connectivity index (χ1v) is 8.53. The van der Waals surface area contributed by atoms with E-state index in [0.29, 0.717) is 23.5 Å². The Morgan fingerprint density at radius 3 is 2.54 bits per heavy atom. The van der Waals surface area contributed by atoms with Crippen LogP contribution < -0.4 is 4.74 Å². The number of non-ortho nitro benzene ring substituents is 1. The Hall–Kier alpha value is -2.17. The first-order chi connectivity index (χ1) is 11.5. The van der Waals surface area contributed by atoms with Crippen LogP contribution in [0.3, 0.4) is 0 Å². The average molecular weight is 452 g/mol. The van der Waals surface area contributed by atoms with E-state index in [1.807, 2.05) is 19.1 Å². The molecule has 0 aromatic heterocycles. The van der Waals surface area contributed by atoms with Gasteiger partial charge >= 0.3 is 0 Å². The van der Waals surface area contributed by atoms with Gasteiger partial charge in [0.1, 0.15) is 5.75 Å². The Balaban J connectivity index is 2.47. The smallest absolute Gasteiger partial charge is 0.270 e. The number of benzene rings is 2. The fraction of sp³-hybridized carbons (Fsp3) is 0.118. The molecule has 0 fully saturated rings. The second-order valence-corrected chi connectivity index (χ2v) is 6.43. The van der Waals surface area contributed by atoms with Crippen LogP contribution in [0.4, 0.5) is 5.69 Å². The van der Waals surface area contributed by atoms with Gasteiger partial charge in [-0.3, -0.25) is 10.1 Å². The van der Waals surface area contributed by atoms with E-state index in [2.05, 4.69) is 37.9 Å². The largest absolute Gasteiger partial charge is 0.492 e. The van der Waals surface area contributed by atoms with Gasteiger partial charge in [-0.15, -0.1) is 0 Å². The molecule has 122 valence electrons. The average Bonchev–Trinajstić information content (AvgIpc) is 2.56. The molecule has 0 unspecified atom stereocenters. The van der Waals surface area contributed by atoms with E-state index >= 15 is 0 Å². The molecule has 7 heteroatoms. The predicted octanol–water partition coefficient (Wildman–Crippen LogP) is 5.58. The Labute approximate surface area is 156 Å². The maximum absolute atomic E-state index is 10.9. The van der Waals surface area contributed by atoms with Crippen LogP contribution in [0.2, 0.25) is 0 Å². The molecule has 0 spiro atoms. The standard InChI is InChI=1S/C17H12Br2N2O3/c1-2-24-17-15(18)7-11(8-16(17)19)6-13(10-20)12-4-3-5-14(9-12)21(22)23/h3-9H,2H2,1H3/b13-6-. The highest BCUT2D eigenvalue weighted by Gasteiger charge is 2.11. The lowest BCUT2D eigenvalue weighted by Crippen LogP contribution is -1.94. The molecular weight excluding hydrogens is 440 g/mol. The molecule has 0 N–H and O–H groups in total. The number of nitriles is 1. The summed E-state index contributed by atoms with van der Waals surface area (Å²) < 4.78 is 7.03. The molecule has 0 bridgehead atoms. The van der Waals surface area contributed by atoms with Crippen molar-refractivity contribution in [2.45, 2.75) is 6.92 Å². The van der Waals surface area contributed by atoms with Crippen molar-refractivity contribution in [3.63, 3.8) is 0 Å². The van der Waals surface area contributed by atoms with E-state index < -0.39 is 4.92 Å². The van der Waals surface area contributed by atoms with E-state index in [9.17, 15) is 15.4 Å². The number of nitrogens with zero attached hydrogens (tertiary/aromatic N) is 2. The number of nitro benzene ring substituents is 1. The summed E-state index contributed by atoms with van der Waals surface area (Å²) in [6.45, 7) is 2.42. The van der Waals surface area contributed by atoms with Gasteiger partial charge in [0, 0.05) is 12.1 Å². The van der Waals surface area contributed by atoms with Crippen molar-refractivity contribution in [2.24, 2.45) is 0 Å². The van der Waals surface area contributed by atoms with Crippen LogP contribution in [0.25, 0.3) is 11.6 Å². The van der Waals surface area contributed by atoms with Crippen molar-refractivity contribution in [1.29, 1.82) is 5.26 Å². The molecule has 0 aliphatic carbocycles. The Kier molecular flexibility index (Phi) is 6.12. The van der Waals surface area contributed by atoms with Crippen LogP contribution in [0.15, 0.2) is 45.3 Å². The van der Waals surface area contributed by atoms with E-state index in [0.717, 1.165) is 14.5 Å². The van der Waals surface area contributed by atoms with E-state index in [1.165, 1.54) is 12.1 Å². The van der Waals surface area contributed by atoms with Gasteiger partial charge in [-0.1, -0.05) is 12.1 Å². The van der Waals surface area contributed by atoms with Gasteiger partial charge in [0.25, 0.3) is 5.69 Å². The van der Waals surface area contributed by atoms with Crippen LogP contribution in [-0.2, 0) is 0 Å². The first-order valence-electron chi connectivity index (χ1n) is 6.94. The van der Waals surface area contributed by atoms with Crippen LogP contribution in [0.1, 0.15) is 18.1 Å². The van der Waals surface area contributed by atoms with E-state index in [1.54, 1.807) is 18.2 Å². The monoisotopic (exact) mass is 450 g/mol. The molecule has 2 aromatic rings. The highest BCUT2D eigenvalue weighted by atomic mass is 79.9. The summed E-state index contributed by atoms with van der Waals surface area (Å²) in [4.78, 5) is 10.4. The SMILES string of the molecule is CCOc1c(Br)cc(/C=C(/C#N)c2cccc([N+](=O)[O-])c2)cc1Br. The minimum atomic E-state index is -0.484. The number of nitro groups is 1. The minimum absolute atomic E-state index is 0.0531.